The van der Waals surface area contributed by atoms with Crippen LogP contribution < -0.4 is 5.32 Å². The smallest absolute Gasteiger partial charge is 0.329 e. The van der Waals surface area contributed by atoms with Gasteiger partial charge in [0.2, 0.25) is 5.91 Å². The molecule has 1 rings (SSSR count). The molecular weight excluding hydrogens is 402 g/mol. The average molecular weight is 440 g/mol. The first-order valence-electron chi connectivity index (χ1n) is 10.6. The topological polar surface area (TPSA) is 95.9 Å². The molecule has 0 aromatic heterocycles. The molecule has 1 amide bonds. The van der Waals surface area contributed by atoms with Crippen molar-refractivity contribution in [3.63, 3.8) is 0 Å². The van der Waals surface area contributed by atoms with Gasteiger partial charge in [0.05, 0.1) is 18.6 Å². The lowest BCUT2D eigenvalue weighted by molar-refractivity contribution is -0.159. The van der Waals surface area contributed by atoms with E-state index in [1.807, 2.05) is 58.0 Å². The van der Waals surface area contributed by atoms with Gasteiger partial charge < -0.3 is 20.3 Å². The third-order valence-electron chi connectivity index (χ3n) is 4.39. The molecule has 1 aromatic rings. The zero-order valence-corrected chi connectivity index (χ0v) is 19.4. The molecule has 3 atom stereocenters. The quantitative estimate of drug-likeness (QED) is 0.409. The van der Waals surface area contributed by atoms with Crippen LogP contribution >= 0.6 is 11.8 Å². The molecular formula is C23H37NO5S. The van der Waals surface area contributed by atoms with Gasteiger partial charge in [-0.25, -0.2) is 4.79 Å². The minimum atomic E-state index is -0.811. The van der Waals surface area contributed by atoms with Crippen molar-refractivity contribution in [1.82, 2.24) is 5.32 Å². The summed E-state index contributed by atoms with van der Waals surface area (Å²) in [7, 11) is 0. The highest BCUT2D eigenvalue weighted by Gasteiger charge is 2.29. The molecule has 30 heavy (non-hydrogen) atoms. The predicted octanol–water partition coefficient (Wildman–Crippen LogP) is 2.95. The van der Waals surface area contributed by atoms with Crippen LogP contribution in [-0.2, 0) is 20.7 Å². The van der Waals surface area contributed by atoms with Crippen molar-refractivity contribution in [3.8, 4) is 0 Å². The minimum Gasteiger partial charge on any atom is -0.458 e. The molecule has 3 N–H and O–H groups in total. The number of carbonyl (C=O) groups excluding carboxylic acids is 2. The molecule has 0 fully saturated rings. The van der Waals surface area contributed by atoms with Gasteiger partial charge in [-0.3, -0.25) is 4.79 Å². The largest absolute Gasteiger partial charge is 0.458 e. The Morgan fingerprint density at radius 3 is 2.40 bits per heavy atom. The van der Waals surface area contributed by atoms with E-state index in [1.165, 1.54) is 11.8 Å². The molecule has 0 saturated heterocycles. The van der Waals surface area contributed by atoms with Gasteiger partial charge in [0, 0.05) is 11.5 Å². The summed E-state index contributed by atoms with van der Waals surface area (Å²) >= 11 is 1.42. The van der Waals surface area contributed by atoms with E-state index in [4.69, 9.17) is 9.84 Å². The van der Waals surface area contributed by atoms with E-state index in [-0.39, 0.29) is 18.4 Å². The Hall–Kier alpha value is -1.57. The van der Waals surface area contributed by atoms with Crippen molar-refractivity contribution >= 4 is 23.6 Å². The van der Waals surface area contributed by atoms with Crippen molar-refractivity contribution in [2.24, 2.45) is 5.92 Å². The lowest BCUT2D eigenvalue weighted by Crippen LogP contribution is -2.47. The number of rotatable bonds is 13. The van der Waals surface area contributed by atoms with Crippen LogP contribution in [0.2, 0.25) is 0 Å². The molecule has 0 spiro atoms. The minimum absolute atomic E-state index is 0.197. The third-order valence-corrected chi connectivity index (χ3v) is 5.65. The van der Waals surface area contributed by atoms with Gasteiger partial charge in [0.1, 0.15) is 11.6 Å². The number of carbonyl (C=O) groups is 2. The highest BCUT2D eigenvalue weighted by molar-refractivity contribution is 7.99. The Labute approximate surface area is 184 Å². The van der Waals surface area contributed by atoms with E-state index in [9.17, 15) is 14.7 Å². The van der Waals surface area contributed by atoms with E-state index in [0.29, 0.717) is 24.3 Å². The third kappa shape index (κ3) is 11.0. The van der Waals surface area contributed by atoms with Crippen molar-refractivity contribution in [3.05, 3.63) is 35.9 Å². The van der Waals surface area contributed by atoms with Crippen LogP contribution in [0.1, 0.15) is 52.5 Å². The molecule has 0 bridgehead atoms. The second-order valence-corrected chi connectivity index (χ2v) is 9.57. The van der Waals surface area contributed by atoms with Crippen LogP contribution in [0.5, 0.6) is 0 Å². The second kappa shape index (κ2) is 13.7. The lowest BCUT2D eigenvalue weighted by Gasteiger charge is -2.26. The number of hydrogen-bond acceptors (Lipinski definition) is 6. The molecule has 6 nitrogen and oxygen atoms in total. The molecule has 0 saturated carbocycles. The van der Waals surface area contributed by atoms with E-state index >= 15 is 0 Å². The van der Waals surface area contributed by atoms with Crippen LogP contribution in [0.25, 0.3) is 0 Å². The summed E-state index contributed by atoms with van der Waals surface area (Å²) in [6.07, 6.45) is 1.98. The SMILES string of the molecule is CCCC[C@H](NC(=O)[C@@H](CSC[C@@H](O)CO)Cc1ccccc1)C(=O)OC(C)(C)C. The van der Waals surface area contributed by atoms with E-state index in [2.05, 4.69) is 5.32 Å². The summed E-state index contributed by atoms with van der Waals surface area (Å²) in [5, 5.41) is 21.5. The normalized spacial score (nSPS) is 14.6. The van der Waals surface area contributed by atoms with Crippen molar-refractivity contribution in [2.75, 3.05) is 18.1 Å². The molecule has 0 aliphatic heterocycles. The number of esters is 1. The average Bonchev–Trinajstić information content (AvgIpc) is 2.69. The zero-order chi connectivity index (χ0) is 22.6. The highest BCUT2D eigenvalue weighted by Crippen LogP contribution is 2.18. The van der Waals surface area contributed by atoms with Crippen LogP contribution in [0.15, 0.2) is 30.3 Å². The number of unbranched alkanes of at least 4 members (excludes halogenated alkanes) is 1. The molecule has 0 heterocycles. The first-order valence-corrected chi connectivity index (χ1v) is 11.8. The maximum absolute atomic E-state index is 13.1. The van der Waals surface area contributed by atoms with E-state index in [1.54, 1.807) is 0 Å². The van der Waals surface area contributed by atoms with Gasteiger partial charge in [-0.2, -0.15) is 11.8 Å². The standard InChI is InChI=1S/C23H37NO5S/c1-5-6-12-20(22(28)29-23(2,3)4)24-21(27)18(15-30-16-19(26)14-25)13-17-10-8-7-9-11-17/h7-11,18-20,25-26H,5-6,12-16H2,1-4H3,(H,24,27)/t18-,19+,20+/m1/s1. The monoisotopic (exact) mass is 439 g/mol. The fraction of sp³-hybridized carbons (Fsp3) is 0.652. The molecule has 0 aliphatic carbocycles. The summed E-state index contributed by atoms with van der Waals surface area (Å²) in [6.45, 7) is 7.16. The van der Waals surface area contributed by atoms with E-state index < -0.39 is 23.7 Å². The van der Waals surface area contributed by atoms with Gasteiger partial charge in [-0.1, -0.05) is 50.1 Å². The fourth-order valence-electron chi connectivity index (χ4n) is 2.84. The van der Waals surface area contributed by atoms with Gasteiger partial charge in [0.15, 0.2) is 0 Å². The van der Waals surface area contributed by atoms with Crippen LogP contribution in [0.3, 0.4) is 0 Å². The number of aliphatic hydroxyl groups excluding tert-OH is 2. The summed E-state index contributed by atoms with van der Waals surface area (Å²) in [6, 6.07) is 9.04. The van der Waals surface area contributed by atoms with Gasteiger partial charge >= 0.3 is 5.97 Å². The second-order valence-electron chi connectivity index (χ2n) is 8.50. The zero-order valence-electron chi connectivity index (χ0n) is 18.6. The molecule has 1 aromatic carbocycles. The Kier molecular flexibility index (Phi) is 12.1. The lowest BCUT2D eigenvalue weighted by atomic mass is 9.99. The van der Waals surface area contributed by atoms with E-state index in [0.717, 1.165) is 18.4 Å². The van der Waals surface area contributed by atoms with Crippen LogP contribution in [-0.4, -0.2) is 57.9 Å². The number of amides is 1. The first kappa shape index (κ1) is 26.5. The Morgan fingerprint density at radius 2 is 1.83 bits per heavy atom. The predicted molar refractivity (Wildman–Crippen MR) is 121 cm³/mol. The Balaban J connectivity index is 2.87. The number of aliphatic hydroxyl groups is 2. The number of nitrogens with one attached hydrogen (secondary N) is 1. The Morgan fingerprint density at radius 1 is 1.17 bits per heavy atom. The molecule has 7 heteroatoms. The molecule has 0 radical (unpaired) electrons. The summed E-state index contributed by atoms with van der Waals surface area (Å²) in [4.78, 5) is 25.7. The first-order chi connectivity index (χ1) is 14.2. The molecule has 0 aliphatic rings. The fourth-order valence-corrected chi connectivity index (χ4v) is 3.91. The van der Waals surface area contributed by atoms with Gasteiger partial charge in [-0.05, 0) is 39.2 Å². The summed E-state index contributed by atoms with van der Waals surface area (Å²) < 4.78 is 5.50. The summed E-state index contributed by atoms with van der Waals surface area (Å²) in [5.74, 6) is -0.148. The van der Waals surface area contributed by atoms with Crippen molar-refractivity contribution in [1.29, 1.82) is 0 Å². The number of thioether (sulfide) groups is 1. The number of hydrogen-bond donors (Lipinski definition) is 3. The molecule has 0 unspecified atom stereocenters. The number of benzene rings is 1. The molecule has 170 valence electrons. The maximum atomic E-state index is 13.1. The highest BCUT2D eigenvalue weighted by atomic mass is 32.2. The van der Waals surface area contributed by atoms with Gasteiger partial charge in [-0.15, -0.1) is 0 Å². The van der Waals surface area contributed by atoms with Crippen LogP contribution in [0.4, 0.5) is 0 Å². The maximum Gasteiger partial charge on any atom is 0.329 e. The Bertz CT molecular complexity index is 632. The van der Waals surface area contributed by atoms with Gasteiger partial charge in [0.25, 0.3) is 0 Å². The van der Waals surface area contributed by atoms with Crippen molar-refractivity contribution in [2.45, 2.75) is 71.1 Å². The van der Waals surface area contributed by atoms with Crippen molar-refractivity contribution < 1.29 is 24.5 Å². The number of ether oxygens (including phenoxy) is 1. The van der Waals surface area contributed by atoms with Crippen LogP contribution in [0, 0.1) is 5.92 Å². The summed E-state index contributed by atoms with van der Waals surface area (Å²) in [5.41, 5.74) is 0.412.